The quantitative estimate of drug-likeness (QED) is 0.758. The van der Waals surface area contributed by atoms with Crippen molar-refractivity contribution in [3.63, 3.8) is 0 Å². The van der Waals surface area contributed by atoms with Crippen molar-refractivity contribution in [3.05, 3.63) is 36.2 Å². The number of hydrogen-bond acceptors (Lipinski definition) is 0. The van der Waals surface area contributed by atoms with Crippen LogP contribution in [0.5, 0.6) is 0 Å². The van der Waals surface area contributed by atoms with Crippen LogP contribution in [0.15, 0.2) is 19.4 Å². The number of fused-ring (bicyclic) bond motifs is 1. The molecule has 2 rings (SSSR count). The Morgan fingerprint density at radius 1 is 1.41 bits per heavy atom. The molecule has 0 spiro atoms. The number of nitrogens with one attached hydrogen (secondary N) is 1. The lowest BCUT2D eigenvalue weighted by molar-refractivity contribution is 0.442. The van der Waals surface area contributed by atoms with Crippen LogP contribution in [-0.4, -0.2) is 4.98 Å². The third-order valence-electron chi connectivity index (χ3n) is 4.12. The first-order valence-corrected chi connectivity index (χ1v) is 6.43. The van der Waals surface area contributed by atoms with E-state index in [0.717, 1.165) is 6.42 Å². The van der Waals surface area contributed by atoms with Gasteiger partial charge in [-0.15, -0.1) is 0 Å². The van der Waals surface area contributed by atoms with Crippen molar-refractivity contribution in [1.29, 1.82) is 0 Å². The molecule has 1 aliphatic carbocycles. The predicted molar refractivity (Wildman–Crippen MR) is 75.8 cm³/mol. The largest absolute Gasteiger partial charge is 0.364 e. The molecule has 0 atom stereocenters. The fraction of sp³-hybridized carbons (Fsp3) is 0.500. The number of hydrogen-bond donors (Lipinski definition) is 1. The third kappa shape index (κ3) is 1.88. The summed E-state index contributed by atoms with van der Waals surface area (Å²) in [6, 6.07) is 0. The van der Waals surface area contributed by atoms with Crippen molar-refractivity contribution >= 4 is 11.1 Å². The van der Waals surface area contributed by atoms with Gasteiger partial charge in [0.2, 0.25) is 0 Å². The Bertz CT molecular complexity index is 472. The van der Waals surface area contributed by atoms with E-state index in [-0.39, 0.29) is 5.41 Å². The highest BCUT2D eigenvalue weighted by atomic mass is 14.7. The summed E-state index contributed by atoms with van der Waals surface area (Å²) in [4.78, 5) is 3.41. The van der Waals surface area contributed by atoms with Crippen LogP contribution >= 0.6 is 0 Å². The van der Waals surface area contributed by atoms with Gasteiger partial charge in [0.1, 0.15) is 0 Å². The summed E-state index contributed by atoms with van der Waals surface area (Å²) in [5, 5.41) is 0. The van der Waals surface area contributed by atoms with Crippen LogP contribution in [0.25, 0.3) is 11.1 Å². The van der Waals surface area contributed by atoms with Gasteiger partial charge in [0, 0.05) is 23.0 Å². The molecule has 0 aliphatic heterocycles. The van der Waals surface area contributed by atoms with E-state index in [2.05, 4.69) is 52.0 Å². The van der Waals surface area contributed by atoms with Crippen LogP contribution in [-0.2, 0) is 6.42 Å². The predicted octanol–water partition coefficient (Wildman–Crippen LogP) is 4.67. The average Bonchev–Trinajstić information content (AvgIpc) is 2.66. The number of allylic oxidation sites excluding steroid dienone is 2. The highest BCUT2D eigenvalue weighted by Gasteiger charge is 2.32. The Labute approximate surface area is 105 Å². The summed E-state index contributed by atoms with van der Waals surface area (Å²) in [5.74, 6) is 0.479. The van der Waals surface area contributed by atoms with E-state index in [1.54, 1.807) is 0 Å². The van der Waals surface area contributed by atoms with Gasteiger partial charge < -0.3 is 4.98 Å². The fourth-order valence-corrected chi connectivity index (χ4v) is 2.50. The Kier molecular flexibility index (Phi) is 2.81. The molecule has 1 aliphatic rings. The fourth-order valence-electron chi connectivity index (χ4n) is 2.50. The average molecular weight is 229 g/mol. The molecular weight excluding hydrogens is 206 g/mol. The van der Waals surface area contributed by atoms with E-state index < -0.39 is 0 Å². The maximum Gasteiger partial charge on any atom is 0.0230 e. The van der Waals surface area contributed by atoms with Crippen molar-refractivity contribution < 1.29 is 0 Å². The monoisotopic (exact) mass is 229 g/mol. The van der Waals surface area contributed by atoms with Crippen molar-refractivity contribution in [2.24, 2.45) is 11.3 Å². The van der Waals surface area contributed by atoms with Gasteiger partial charge in [0.05, 0.1) is 0 Å². The molecule has 1 nitrogen and oxygen atoms in total. The highest BCUT2D eigenvalue weighted by Crippen LogP contribution is 2.46. The summed E-state index contributed by atoms with van der Waals surface area (Å²) in [6.07, 6.45) is 4.40. The van der Waals surface area contributed by atoms with E-state index in [4.69, 9.17) is 0 Å². The van der Waals surface area contributed by atoms with Gasteiger partial charge in [-0.1, -0.05) is 40.9 Å². The molecule has 1 N–H and O–H groups in total. The van der Waals surface area contributed by atoms with Crippen LogP contribution in [0.3, 0.4) is 0 Å². The lowest BCUT2D eigenvalue weighted by Gasteiger charge is -2.33. The molecule has 1 heterocycles. The minimum Gasteiger partial charge on any atom is -0.364 e. The summed E-state index contributed by atoms with van der Waals surface area (Å²) in [5.41, 5.74) is 6.62. The van der Waals surface area contributed by atoms with Gasteiger partial charge in [-0.3, -0.25) is 0 Å². The molecule has 0 fully saturated rings. The number of rotatable bonds is 2. The van der Waals surface area contributed by atoms with Crippen molar-refractivity contribution in [1.82, 2.24) is 4.98 Å². The molecule has 0 bridgehead atoms. The zero-order valence-electron chi connectivity index (χ0n) is 11.5. The number of H-pyrrole nitrogens is 1. The van der Waals surface area contributed by atoms with Gasteiger partial charge in [0.25, 0.3) is 0 Å². The molecule has 0 saturated heterocycles. The minimum absolute atomic E-state index is 0.210. The molecule has 1 aromatic heterocycles. The van der Waals surface area contributed by atoms with Crippen LogP contribution < -0.4 is 0 Å². The lowest BCUT2D eigenvalue weighted by Crippen LogP contribution is -2.20. The Hall–Kier alpha value is -1.24. The van der Waals surface area contributed by atoms with Crippen LogP contribution in [0, 0.1) is 11.3 Å². The smallest absolute Gasteiger partial charge is 0.0230 e. The molecular formula is C16H23N. The minimum atomic E-state index is 0.210. The van der Waals surface area contributed by atoms with Gasteiger partial charge in [-0.25, -0.2) is 0 Å². The second-order valence-electron chi connectivity index (χ2n) is 6.10. The molecule has 0 amide bonds. The molecule has 92 valence electrons. The second-order valence-corrected chi connectivity index (χ2v) is 6.10. The van der Waals surface area contributed by atoms with Crippen molar-refractivity contribution in [3.8, 4) is 0 Å². The summed E-state index contributed by atoms with van der Waals surface area (Å²) in [7, 11) is 0. The Morgan fingerprint density at radius 3 is 2.65 bits per heavy atom. The first kappa shape index (κ1) is 12.2. The van der Waals surface area contributed by atoms with Gasteiger partial charge in [-0.2, -0.15) is 0 Å². The van der Waals surface area contributed by atoms with Crippen molar-refractivity contribution in [2.45, 2.75) is 40.5 Å². The molecule has 0 aromatic carbocycles. The molecule has 1 heteroatoms. The van der Waals surface area contributed by atoms with Gasteiger partial charge in [-0.05, 0) is 35.3 Å². The third-order valence-corrected chi connectivity index (χ3v) is 4.12. The second kappa shape index (κ2) is 3.90. The molecule has 17 heavy (non-hydrogen) atoms. The van der Waals surface area contributed by atoms with Crippen LogP contribution in [0.1, 0.15) is 50.9 Å². The first-order chi connectivity index (χ1) is 7.84. The van der Waals surface area contributed by atoms with E-state index in [1.807, 2.05) is 0 Å². The Morgan fingerprint density at radius 2 is 2.06 bits per heavy atom. The van der Waals surface area contributed by atoms with E-state index in [0.29, 0.717) is 5.92 Å². The summed E-state index contributed by atoms with van der Waals surface area (Å²) < 4.78 is 0. The summed E-state index contributed by atoms with van der Waals surface area (Å²) >= 11 is 0. The normalized spacial score (nSPS) is 18.3. The molecule has 1 aromatic rings. The topological polar surface area (TPSA) is 15.8 Å². The zero-order valence-corrected chi connectivity index (χ0v) is 11.5. The van der Waals surface area contributed by atoms with E-state index >= 15 is 0 Å². The molecule has 0 radical (unpaired) electrons. The lowest BCUT2D eigenvalue weighted by atomic mass is 9.71. The van der Waals surface area contributed by atoms with E-state index in [1.165, 1.54) is 34.4 Å². The van der Waals surface area contributed by atoms with Gasteiger partial charge in [0.15, 0.2) is 0 Å². The number of aryl methyl sites for hydroxylation is 1. The highest BCUT2D eigenvalue weighted by molar-refractivity contribution is 5.82. The van der Waals surface area contributed by atoms with E-state index in [9.17, 15) is 0 Å². The van der Waals surface area contributed by atoms with Crippen molar-refractivity contribution in [2.75, 3.05) is 0 Å². The van der Waals surface area contributed by atoms with Crippen LogP contribution in [0.2, 0.25) is 0 Å². The maximum atomic E-state index is 4.32. The Balaban J connectivity index is 2.51. The zero-order chi connectivity index (χ0) is 12.8. The van der Waals surface area contributed by atoms with Gasteiger partial charge >= 0.3 is 0 Å². The maximum absolute atomic E-state index is 4.32. The standard InChI is InChI=1S/C16H23N/c1-10(2)11(3)13-9-17-14-7-8-16(5,6)12(4)15(13)14/h9-10,17H,3-4,7-8H2,1-2,5-6H3. The number of aromatic nitrogens is 1. The molecule has 0 unspecified atom stereocenters. The molecule has 0 saturated carbocycles. The first-order valence-electron chi connectivity index (χ1n) is 6.43. The number of aromatic amines is 1. The SMILES string of the molecule is C=C(c1c[nH]c2c1C(=C)C(C)(C)CC2)C(C)C. The van der Waals surface area contributed by atoms with Crippen LogP contribution in [0.4, 0.5) is 0 Å². The summed E-state index contributed by atoms with van der Waals surface area (Å²) in [6.45, 7) is 17.5.